The summed E-state index contributed by atoms with van der Waals surface area (Å²) in [5.74, 6) is -1.71. The van der Waals surface area contributed by atoms with Crippen molar-refractivity contribution in [3.8, 4) is 5.75 Å². The van der Waals surface area contributed by atoms with E-state index in [0.29, 0.717) is 11.8 Å². The first-order valence-corrected chi connectivity index (χ1v) is 11.3. The fraction of sp³-hybridized carbons (Fsp3) is 0.381. The van der Waals surface area contributed by atoms with Crippen molar-refractivity contribution in [3.63, 3.8) is 0 Å². The van der Waals surface area contributed by atoms with Gasteiger partial charge in [-0.2, -0.15) is 0 Å². The highest BCUT2D eigenvalue weighted by atomic mass is 32.2. The Morgan fingerprint density at radius 3 is 2.37 bits per heavy atom. The molecule has 0 aliphatic heterocycles. The molecule has 3 rings (SSSR count). The average molecular weight is 438 g/mol. The number of anilines is 1. The van der Waals surface area contributed by atoms with Crippen LogP contribution in [0.1, 0.15) is 39.0 Å². The molecule has 1 atom stereocenters. The van der Waals surface area contributed by atoms with Crippen LogP contribution in [-0.4, -0.2) is 26.5 Å². The van der Waals surface area contributed by atoms with Gasteiger partial charge in [0.2, 0.25) is 0 Å². The molecule has 1 fully saturated rings. The smallest absolute Gasteiger partial charge is 0.261 e. The molecular formula is C21H24F2N2O4S. The lowest BCUT2D eigenvalue weighted by atomic mass is 9.95. The molecule has 1 aliphatic rings. The van der Waals surface area contributed by atoms with Gasteiger partial charge in [-0.05, 0) is 56.2 Å². The van der Waals surface area contributed by atoms with Gasteiger partial charge in [-0.3, -0.25) is 9.52 Å². The maximum absolute atomic E-state index is 13.7. The molecule has 9 heteroatoms. The average Bonchev–Trinajstić information content (AvgIpc) is 2.71. The summed E-state index contributed by atoms with van der Waals surface area (Å²) in [6, 6.07) is 8.12. The third kappa shape index (κ3) is 5.69. The lowest BCUT2D eigenvalue weighted by molar-refractivity contribution is -0.128. The van der Waals surface area contributed by atoms with Gasteiger partial charge in [0.25, 0.3) is 15.9 Å². The topological polar surface area (TPSA) is 84.5 Å². The third-order valence-electron chi connectivity index (χ3n) is 4.94. The number of nitrogens with one attached hydrogen (secondary N) is 2. The number of benzene rings is 2. The normalized spacial score (nSPS) is 16.0. The van der Waals surface area contributed by atoms with Crippen LogP contribution in [0.3, 0.4) is 0 Å². The fourth-order valence-electron chi connectivity index (χ4n) is 3.30. The second kappa shape index (κ2) is 9.42. The van der Waals surface area contributed by atoms with Crippen LogP contribution in [0.5, 0.6) is 5.75 Å². The van der Waals surface area contributed by atoms with Crippen LogP contribution in [0.4, 0.5) is 14.5 Å². The molecule has 0 bridgehead atoms. The van der Waals surface area contributed by atoms with E-state index < -0.39 is 27.8 Å². The molecule has 1 aliphatic carbocycles. The van der Waals surface area contributed by atoms with E-state index in [1.54, 1.807) is 6.92 Å². The zero-order chi connectivity index (χ0) is 21.7. The SMILES string of the molecule is C[C@@H](Oc1ccc(S(=O)(=O)Nc2ccc(F)cc2F)cc1)C(=O)NC1CCCCC1. The third-order valence-corrected chi connectivity index (χ3v) is 6.32. The lowest BCUT2D eigenvalue weighted by Crippen LogP contribution is -2.43. The van der Waals surface area contributed by atoms with Gasteiger partial charge in [0.05, 0.1) is 10.6 Å². The molecule has 0 spiro atoms. The number of carbonyl (C=O) groups is 1. The molecular weight excluding hydrogens is 414 g/mol. The zero-order valence-corrected chi connectivity index (χ0v) is 17.3. The number of halogens is 2. The second-order valence-corrected chi connectivity index (χ2v) is 8.99. The van der Waals surface area contributed by atoms with Gasteiger partial charge in [0.15, 0.2) is 6.10 Å². The van der Waals surface area contributed by atoms with Crippen LogP contribution in [0.25, 0.3) is 0 Å². The first-order chi connectivity index (χ1) is 14.2. The highest BCUT2D eigenvalue weighted by molar-refractivity contribution is 7.92. The molecule has 0 saturated heterocycles. The van der Waals surface area contributed by atoms with E-state index in [0.717, 1.165) is 37.8 Å². The fourth-order valence-corrected chi connectivity index (χ4v) is 4.36. The first kappa shape index (κ1) is 22.0. The number of ether oxygens (including phenoxy) is 1. The van der Waals surface area contributed by atoms with Gasteiger partial charge < -0.3 is 10.1 Å². The molecule has 6 nitrogen and oxygen atoms in total. The van der Waals surface area contributed by atoms with Gasteiger partial charge in [0, 0.05) is 12.1 Å². The van der Waals surface area contributed by atoms with Crippen LogP contribution in [0.2, 0.25) is 0 Å². The predicted molar refractivity (Wildman–Crippen MR) is 109 cm³/mol. The van der Waals surface area contributed by atoms with Gasteiger partial charge in [-0.1, -0.05) is 19.3 Å². The van der Waals surface area contributed by atoms with E-state index in [1.807, 2.05) is 0 Å². The van der Waals surface area contributed by atoms with Gasteiger partial charge in [0.1, 0.15) is 17.4 Å². The summed E-state index contributed by atoms with van der Waals surface area (Å²) >= 11 is 0. The number of carbonyl (C=O) groups excluding carboxylic acids is 1. The van der Waals surface area contributed by atoms with Crippen molar-refractivity contribution in [2.24, 2.45) is 0 Å². The highest BCUT2D eigenvalue weighted by Gasteiger charge is 2.21. The van der Waals surface area contributed by atoms with Crippen LogP contribution in [0.15, 0.2) is 47.4 Å². The van der Waals surface area contributed by atoms with E-state index >= 15 is 0 Å². The van der Waals surface area contributed by atoms with E-state index in [2.05, 4.69) is 10.0 Å². The van der Waals surface area contributed by atoms with Crippen molar-refractivity contribution >= 4 is 21.6 Å². The zero-order valence-electron chi connectivity index (χ0n) is 16.5. The number of hydrogen-bond donors (Lipinski definition) is 2. The Labute approximate surface area is 174 Å². The van der Waals surface area contributed by atoms with E-state index in [1.165, 1.54) is 30.7 Å². The molecule has 2 N–H and O–H groups in total. The lowest BCUT2D eigenvalue weighted by Gasteiger charge is -2.24. The Bertz CT molecular complexity index is 991. The Morgan fingerprint density at radius 1 is 1.07 bits per heavy atom. The predicted octanol–water partition coefficient (Wildman–Crippen LogP) is 3.98. The maximum atomic E-state index is 13.7. The highest BCUT2D eigenvalue weighted by Crippen LogP contribution is 2.22. The van der Waals surface area contributed by atoms with Crippen molar-refractivity contribution in [3.05, 3.63) is 54.1 Å². The van der Waals surface area contributed by atoms with Crippen molar-refractivity contribution in [1.29, 1.82) is 0 Å². The molecule has 2 aromatic rings. The summed E-state index contributed by atoms with van der Waals surface area (Å²) in [6.07, 6.45) is 4.59. The minimum atomic E-state index is -4.08. The van der Waals surface area contributed by atoms with Crippen molar-refractivity contribution in [2.75, 3.05) is 4.72 Å². The maximum Gasteiger partial charge on any atom is 0.261 e. The Hall–Kier alpha value is -2.68. The molecule has 30 heavy (non-hydrogen) atoms. The monoisotopic (exact) mass is 438 g/mol. The van der Waals surface area contributed by atoms with Gasteiger partial charge >= 0.3 is 0 Å². The molecule has 1 saturated carbocycles. The number of sulfonamides is 1. The summed E-state index contributed by atoms with van der Waals surface area (Å²) in [5.41, 5.74) is -0.357. The van der Waals surface area contributed by atoms with E-state index in [9.17, 15) is 22.0 Å². The Balaban J connectivity index is 1.61. The summed E-state index contributed by atoms with van der Waals surface area (Å²) in [4.78, 5) is 12.2. The molecule has 162 valence electrons. The van der Waals surface area contributed by atoms with Crippen molar-refractivity contribution < 1.29 is 26.7 Å². The summed E-state index contributed by atoms with van der Waals surface area (Å²) < 4.78 is 59.2. The van der Waals surface area contributed by atoms with Gasteiger partial charge in [-0.25, -0.2) is 17.2 Å². The molecule has 0 heterocycles. The quantitative estimate of drug-likeness (QED) is 0.685. The second-order valence-electron chi connectivity index (χ2n) is 7.30. The summed E-state index contributed by atoms with van der Waals surface area (Å²) in [5, 5.41) is 2.98. The molecule has 0 unspecified atom stereocenters. The minimum absolute atomic E-state index is 0.127. The molecule has 0 radical (unpaired) electrons. The van der Waals surface area contributed by atoms with Crippen LogP contribution in [0, 0.1) is 11.6 Å². The largest absolute Gasteiger partial charge is 0.481 e. The van der Waals surface area contributed by atoms with E-state index in [4.69, 9.17) is 4.74 Å². The molecule has 2 aromatic carbocycles. The molecule has 0 aromatic heterocycles. The Kier molecular flexibility index (Phi) is 6.91. The number of amides is 1. The number of hydrogen-bond acceptors (Lipinski definition) is 4. The van der Waals surface area contributed by atoms with E-state index in [-0.39, 0.29) is 22.5 Å². The summed E-state index contributed by atoms with van der Waals surface area (Å²) in [6.45, 7) is 1.63. The van der Waals surface area contributed by atoms with Crippen LogP contribution >= 0.6 is 0 Å². The standard InChI is InChI=1S/C21H24F2N2O4S/c1-14(21(26)24-16-5-3-2-4-6-16)29-17-8-10-18(11-9-17)30(27,28)25-20-12-7-15(22)13-19(20)23/h7-14,16,25H,2-6H2,1H3,(H,24,26)/t14-/m1/s1. The van der Waals surface area contributed by atoms with Crippen LogP contribution in [-0.2, 0) is 14.8 Å². The minimum Gasteiger partial charge on any atom is -0.481 e. The summed E-state index contributed by atoms with van der Waals surface area (Å²) in [7, 11) is -4.08. The number of rotatable bonds is 7. The van der Waals surface area contributed by atoms with Crippen LogP contribution < -0.4 is 14.8 Å². The Morgan fingerprint density at radius 2 is 1.73 bits per heavy atom. The van der Waals surface area contributed by atoms with Crippen molar-refractivity contribution in [1.82, 2.24) is 5.32 Å². The van der Waals surface area contributed by atoms with Gasteiger partial charge in [-0.15, -0.1) is 0 Å². The first-order valence-electron chi connectivity index (χ1n) is 9.79. The van der Waals surface area contributed by atoms with Crippen molar-refractivity contribution in [2.45, 2.75) is 56.1 Å². The molecule has 1 amide bonds.